The maximum absolute atomic E-state index is 3.42. The van der Waals surface area contributed by atoms with Crippen LogP contribution < -0.4 is 5.32 Å². The highest BCUT2D eigenvalue weighted by Gasteiger charge is 2.28. The van der Waals surface area contributed by atoms with E-state index in [9.17, 15) is 0 Å². The second kappa shape index (κ2) is 9.04. The third-order valence-electron chi connectivity index (χ3n) is 3.93. The van der Waals surface area contributed by atoms with Gasteiger partial charge in [0, 0.05) is 6.54 Å². The lowest BCUT2D eigenvalue weighted by Gasteiger charge is -2.35. The molecule has 1 heteroatoms. The SMILES string of the molecule is CCCCC(CC)(CNC)CC(C)CCC. The Morgan fingerprint density at radius 1 is 1.12 bits per heavy atom. The maximum atomic E-state index is 3.42. The van der Waals surface area contributed by atoms with E-state index in [0.717, 1.165) is 5.92 Å². The van der Waals surface area contributed by atoms with Gasteiger partial charge in [-0.3, -0.25) is 0 Å². The minimum Gasteiger partial charge on any atom is -0.319 e. The second-order valence-corrected chi connectivity index (χ2v) is 5.59. The van der Waals surface area contributed by atoms with Crippen LogP contribution in [0.25, 0.3) is 0 Å². The number of nitrogens with one attached hydrogen (secondary N) is 1. The molecule has 0 aliphatic rings. The van der Waals surface area contributed by atoms with Crippen molar-refractivity contribution in [3.8, 4) is 0 Å². The Morgan fingerprint density at radius 2 is 1.81 bits per heavy atom. The molecule has 0 bridgehead atoms. The topological polar surface area (TPSA) is 12.0 Å². The van der Waals surface area contributed by atoms with Crippen molar-refractivity contribution in [2.75, 3.05) is 13.6 Å². The van der Waals surface area contributed by atoms with Crippen LogP contribution in [0.5, 0.6) is 0 Å². The fourth-order valence-electron chi connectivity index (χ4n) is 2.97. The Labute approximate surface area is 103 Å². The lowest BCUT2D eigenvalue weighted by Crippen LogP contribution is -2.33. The molecule has 0 aliphatic heterocycles. The van der Waals surface area contributed by atoms with Gasteiger partial charge in [0.1, 0.15) is 0 Å². The normalized spacial score (nSPS) is 17.1. The average Bonchev–Trinajstić information content (AvgIpc) is 2.26. The van der Waals surface area contributed by atoms with Crippen molar-refractivity contribution < 1.29 is 0 Å². The summed E-state index contributed by atoms with van der Waals surface area (Å²) in [6.07, 6.45) is 9.54. The molecule has 0 fully saturated rings. The van der Waals surface area contributed by atoms with Crippen LogP contribution in [-0.2, 0) is 0 Å². The highest BCUT2D eigenvalue weighted by atomic mass is 14.8. The summed E-state index contributed by atoms with van der Waals surface area (Å²) in [5.74, 6) is 0.884. The first-order valence-electron chi connectivity index (χ1n) is 7.28. The smallest absolute Gasteiger partial charge is 0.000480 e. The van der Waals surface area contributed by atoms with Crippen molar-refractivity contribution >= 4 is 0 Å². The van der Waals surface area contributed by atoms with Gasteiger partial charge in [0.05, 0.1) is 0 Å². The molecule has 16 heavy (non-hydrogen) atoms. The van der Waals surface area contributed by atoms with E-state index in [-0.39, 0.29) is 0 Å². The first kappa shape index (κ1) is 16.0. The average molecular weight is 227 g/mol. The summed E-state index contributed by atoms with van der Waals surface area (Å²) < 4.78 is 0. The van der Waals surface area contributed by atoms with Gasteiger partial charge in [-0.15, -0.1) is 0 Å². The molecule has 0 saturated carbocycles. The van der Waals surface area contributed by atoms with Crippen LogP contribution in [0.2, 0.25) is 0 Å². The molecule has 0 spiro atoms. The molecule has 98 valence electrons. The van der Waals surface area contributed by atoms with Crippen LogP contribution in [0.3, 0.4) is 0 Å². The largest absolute Gasteiger partial charge is 0.319 e. The van der Waals surface area contributed by atoms with Crippen LogP contribution in [0.15, 0.2) is 0 Å². The predicted octanol–water partition coefficient (Wildman–Crippen LogP) is 4.62. The van der Waals surface area contributed by atoms with Crippen LogP contribution in [0, 0.1) is 11.3 Å². The molecule has 0 heterocycles. The molecule has 0 saturated heterocycles. The van der Waals surface area contributed by atoms with Crippen molar-refractivity contribution in [3.05, 3.63) is 0 Å². The molecule has 0 aromatic rings. The summed E-state index contributed by atoms with van der Waals surface area (Å²) >= 11 is 0. The first-order valence-corrected chi connectivity index (χ1v) is 7.28. The van der Waals surface area contributed by atoms with Crippen LogP contribution in [-0.4, -0.2) is 13.6 Å². The lowest BCUT2D eigenvalue weighted by atomic mass is 9.73. The Morgan fingerprint density at radius 3 is 2.25 bits per heavy atom. The van der Waals surface area contributed by atoms with Gasteiger partial charge in [0.15, 0.2) is 0 Å². The Kier molecular flexibility index (Phi) is 9.02. The first-order chi connectivity index (χ1) is 7.64. The molecule has 0 aliphatic carbocycles. The minimum atomic E-state index is 0.555. The van der Waals surface area contributed by atoms with E-state index in [1.165, 1.54) is 51.5 Å². The molecule has 0 rings (SSSR count). The van der Waals surface area contributed by atoms with Crippen LogP contribution in [0.1, 0.15) is 72.6 Å². The quantitative estimate of drug-likeness (QED) is 0.574. The summed E-state index contributed by atoms with van der Waals surface area (Å²) in [6, 6.07) is 0. The van der Waals surface area contributed by atoms with Crippen molar-refractivity contribution in [1.29, 1.82) is 0 Å². The van der Waals surface area contributed by atoms with Crippen LogP contribution in [0.4, 0.5) is 0 Å². The van der Waals surface area contributed by atoms with Crippen molar-refractivity contribution in [3.63, 3.8) is 0 Å². The van der Waals surface area contributed by atoms with Gasteiger partial charge in [0.2, 0.25) is 0 Å². The second-order valence-electron chi connectivity index (χ2n) is 5.59. The molecule has 2 atom stereocenters. The third-order valence-corrected chi connectivity index (χ3v) is 3.93. The maximum Gasteiger partial charge on any atom is 0.000480 e. The fraction of sp³-hybridized carbons (Fsp3) is 1.00. The molecule has 0 aromatic carbocycles. The molecule has 1 N–H and O–H groups in total. The zero-order valence-electron chi connectivity index (χ0n) is 12.2. The van der Waals surface area contributed by atoms with Gasteiger partial charge in [-0.2, -0.15) is 0 Å². The summed E-state index contributed by atoms with van der Waals surface area (Å²) in [5.41, 5.74) is 0.555. The predicted molar refractivity (Wildman–Crippen MR) is 74.9 cm³/mol. The van der Waals surface area contributed by atoms with E-state index in [1.54, 1.807) is 0 Å². The highest BCUT2D eigenvalue weighted by molar-refractivity contribution is 4.81. The lowest BCUT2D eigenvalue weighted by molar-refractivity contribution is 0.179. The summed E-state index contributed by atoms with van der Waals surface area (Å²) in [6.45, 7) is 10.6. The van der Waals surface area contributed by atoms with E-state index in [1.807, 2.05) is 0 Å². The summed E-state index contributed by atoms with van der Waals surface area (Å²) in [4.78, 5) is 0. The number of hydrogen-bond acceptors (Lipinski definition) is 1. The minimum absolute atomic E-state index is 0.555. The van der Waals surface area contributed by atoms with E-state index in [4.69, 9.17) is 0 Å². The van der Waals surface area contributed by atoms with Gasteiger partial charge in [0.25, 0.3) is 0 Å². The van der Waals surface area contributed by atoms with E-state index in [2.05, 4.69) is 40.1 Å². The van der Waals surface area contributed by atoms with E-state index >= 15 is 0 Å². The van der Waals surface area contributed by atoms with Gasteiger partial charge >= 0.3 is 0 Å². The summed E-state index contributed by atoms with van der Waals surface area (Å²) in [7, 11) is 2.10. The molecular weight excluding hydrogens is 194 g/mol. The molecule has 0 radical (unpaired) electrons. The van der Waals surface area contributed by atoms with Crippen LogP contribution >= 0.6 is 0 Å². The standard InChI is InChI=1S/C15H33N/c1-6-9-11-15(8-3,13-16-5)12-14(4)10-7-2/h14,16H,6-13H2,1-5H3. The molecule has 0 aromatic heterocycles. The zero-order chi connectivity index (χ0) is 12.4. The fourth-order valence-corrected chi connectivity index (χ4v) is 2.97. The molecule has 1 nitrogen and oxygen atoms in total. The number of hydrogen-bond donors (Lipinski definition) is 1. The Hall–Kier alpha value is -0.0400. The summed E-state index contributed by atoms with van der Waals surface area (Å²) in [5, 5.41) is 3.42. The van der Waals surface area contributed by atoms with E-state index in [0.29, 0.717) is 5.41 Å². The van der Waals surface area contributed by atoms with Crippen molar-refractivity contribution in [2.45, 2.75) is 72.6 Å². The molecule has 2 unspecified atom stereocenters. The number of unbranched alkanes of at least 4 members (excludes halogenated alkanes) is 1. The number of rotatable bonds is 10. The highest BCUT2D eigenvalue weighted by Crippen LogP contribution is 2.36. The van der Waals surface area contributed by atoms with Gasteiger partial charge in [-0.05, 0) is 37.6 Å². The van der Waals surface area contributed by atoms with Crippen molar-refractivity contribution in [2.24, 2.45) is 11.3 Å². The van der Waals surface area contributed by atoms with Gasteiger partial charge in [-0.1, -0.05) is 53.4 Å². The third kappa shape index (κ3) is 5.89. The van der Waals surface area contributed by atoms with Gasteiger partial charge in [-0.25, -0.2) is 0 Å². The van der Waals surface area contributed by atoms with Gasteiger partial charge < -0.3 is 5.32 Å². The monoisotopic (exact) mass is 227 g/mol. The zero-order valence-corrected chi connectivity index (χ0v) is 12.2. The van der Waals surface area contributed by atoms with Crippen molar-refractivity contribution in [1.82, 2.24) is 5.32 Å². The van der Waals surface area contributed by atoms with E-state index < -0.39 is 0 Å². The molecule has 0 amide bonds. The molecular formula is C15H33N. The Bertz CT molecular complexity index is 156. The Balaban J connectivity index is 4.35.